The Hall–Kier alpha value is -3.31. The molecule has 31 heavy (non-hydrogen) atoms. The Morgan fingerprint density at radius 3 is 2.74 bits per heavy atom. The molecular formula is C23H23FN4O3. The molecule has 0 aromatic heterocycles. The van der Waals surface area contributed by atoms with Crippen LogP contribution in [0.1, 0.15) is 28.7 Å². The van der Waals surface area contributed by atoms with E-state index in [4.69, 9.17) is 5.26 Å². The number of piperazine rings is 1. The van der Waals surface area contributed by atoms with Gasteiger partial charge < -0.3 is 4.90 Å². The molecule has 0 N–H and O–H groups in total. The van der Waals surface area contributed by atoms with Crippen molar-refractivity contribution in [2.75, 3.05) is 26.2 Å². The lowest BCUT2D eigenvalue weighted by Gasteiger charge is -2.41. The van der Waals surface area contributed by atoms with Crippen LogP contribution in [0.15, 0.2) is 36.4 Å². The fraction of sp³-hybridized carbons (Fsp3) is 0.391. The molecule has 8 heteroatoms. The van der Waals surface area contributed by atoms with E-state index in [-0.39, 0.29) is 11.9 Å². The summed E-state index contributed by atoms with van der Waals surface area (Å²) in [6, 6.07) is 12.1. The molecule has 4 rings (SSSR count). The number of nitriles is 1. The van der Waals surface area contributed by atoms with Gasteiger partial charge in [-0.25, -0.2) is 0 Å². The fourth-order valence-electron chi connectivity index (χ4n) is 4.52. The monoisotopic (exact) mass is 422 g/mol. The lowest BCUT2D eigenvalue weighted by atomic mass is 9.86. The summed E-state index contributed by atoms with van der Waals surface area (Å²) in [7, 11) is 0. The van der Waals surface area contributed by atoms with Crippen LogP contribution in [-0.4, -0.2) is 52.9 Å². The van der Waals surface area contributed by atoms with Gasteiger partial charge in [-0.05, 0) is 60.6 Å². The van der Waals surface area contributed by atoms with Gasteiger partial charge in [0, 0.05) is 31.7 Å². The van der Waals surface area contributed by atoms with E-state index >= 15 is 0 Å². The number of halogens is 1. The molecule has 160 valence electrons. The van der Waals surface area contributed by atoms with Gasteiger partial charge in [-0.1, -0.05) is 12.1 Å². The molecule has 1 unspecified atom stereocenters. The number of amides is 1. The van der Waals surface area contributed by atoms with Crippen molar-refractivity contribution in [2.24, 2.45) is 0 Å². The number of nitrogens with zero attached hydrogens (tertiary/aromatic N) is 4. The van der Waals surface area contributed by atoms with Crippen molar-refractivity contribution in [1.29, 1.82) is 5.26 Å². The quantitative estimate of drug-likeness (QED) is 0.546. The molecule has 1 atom stereocenters. The first-order valence-corrected chi connectivity index (χ1v) is 10.4. The molecule has 1 aliphatic heterocycles. The van der Waals surface area contributed by atoms with Gasteiger partial charge in [0.2, 0.25) is 11.7 Å². The van der Waals surface area contributed by atoms with Crippen LogP contribution < -0.4 is 0 Å². The Kier molecular flexibility index (Phi) is 5.96. The maximum absolute atomic E-state index is 13.8. The van der Waals surface area contributed by atoms with E-state index in [0.29, 0.717) is 37.2 Å². The Labute approximate surface area is 179 Å². The van der Waals surface area contributed by atoms with Gasteiger partial charge in [-0.15, -0.1) is 0 Å². The maximum atomic E-state index is 13.8. The van der Waals surface area contributed by atoms with Crippen molar-refractivity contribution in [3.63, 3.8) is 0 Å². The second kappa shape index (κ2) is 8.82. The minimum atomic E-state index is -0.831. The van der Waals surface area contributed by atoms with Crippen molar-refractivity contribution in [1.82, 2.24) is 9.80 Å². The molecule has 1 saturated heterocycles. The van der Waals surface area contributed by atoms with Crippen LogP contribution in [0.5, 0.6) is 0 Å². The molecule has 1 aliphatic carbocycles. The van der Waals surface area contributed by atoms with Crippen molar-refractivity contribution in [3.05, 3.63) is 74.6 Å². The van der Waals surface area contributed by atoms with Gasteiger partial charge in [-0.2, -0.15) is 9.65 Å². The molecule has 1 fully saturated rings. The van der Waals surface area contributed by atoms with Gasteiger partial charge in [0.25, 0.3) is 0 Å². The smallest absolute Gasteiger partial charge is 0.304 e. The molecule has 0 spiro atoms. The highest BCUT2D eigenvalue weighted by Gasteiger charge is 2.31. The lowest BCUT2D eigenvalue weighted by Crippen LogP contribution is -2.55. The van der Waals surface area contributed by atoms with E-state index < -0.39 is 16.4 Å². The number of rotatable bonds is 5. The summed E-state index contributed by atoms with van der Waals surface area (Å²) in [6.07, 6.45) is 3.11. The van der Waals surface area contributed by atoms with E-state index in [0.717, 1.165) is 25.8 Å². The van der Waals surface area contributed by atoms with Crippen LogP contribution in [0, 0.1) is 27.3 Å². The fourth-order valence-corrected chi connectivity index (χ4v) is 4.52. The number of hydrogen-bond acceptors (Lipinski definition) is 5. The van der Waals surface area contributed by atoms with Crippen LogP contribution in [0.2, 0.25) is 0 Å². The van der Waals surface area contributed by atoms with Gasteiger partial charge in [0.15, 0.2) is 0 Å². The zero-order valence-electron chi connectivity index (χ0n) is 17.1. The summed E-state index contributed by atoms with van der Waals surface area (Å²) < 4.78 is 13.8. The first-order chi connectivity index (χ1) is 14.9. The van der Waals surface area contributed by atoms with Crippen molar-refractivity contribution >= 4 is 11.6 Å². The second-order valence-electron chi connectivity index (χ2n) is 8.15. The number of carbonyl (C=O) groups is 1. The number of nitro groups is 1. The van der Waals surface area contributed by atoms with Crippen LogP contribution in [0.25, 0.3) is 0 Å². The summed E-state index contributed by atoms with van der Waals surface area (Å²) in [4.78, 5) is 26.8. The van der Waals surface area contributed by atoms with Gasteiger partial charge >= 0.3 is 5.69 Å². The molecule has 0 saturated carbocycles. The molecular weight excluding hydrogens is 399 g/mol. The largest absolute Gasteiger partial charge is 0.337 e. The zero-order valence-corrected chi connectivity index (χ0v) is 17.1. The Bertz CT molecular complexity index is 1070. The van der Waals surface area contributed by atoms with E-state index in [1.54, 1.807) is 6.07 Å². The van der Waals surface area contributed by atoms with Gasteiger partial charge in [0.05, 0.1) is 23.1 Å². The Balaban J connectivity index is 1.32. The standard InChI is InChI=1S/C23H23FN4O3/c24-21-12-16(2-6-22(21)28(30)31)7-8-26-9-10-27(23(29)15-26)20-5-4-18-11-17(14-25)1-3-19(18)13-20/h1-3,6,11-12,20H,4-5,7-10,13,15H2. The molecule has 7 nitrogen and oxygen atoms in total. The molecule has 1 heterocycles. The van der Waals surface area contributed by atoms with E-state index in [1.165, 1.54) is 23.3 Å². The number of hydrogen-bond donors (Lipinski definition) is 0. The summed E-state index contributed by atoms with van der Waals surface area (Å²) in [5, 5.41) is 19.8. The number of nitro benzene ring substituents is 1. The summed E-state index contributed by atoms with van der Waals surface area (Å²) in [5.41, 5.74) is 3.25. The number of carbonyl (C=O) groups excluding carboxylic acids is 1. The van der Waals surface area contributed by atoms with Crippen molar-refractivity contribution in [3.8, 4) is 6.07 Å². The van der Waals surface area contributed by atoms with Crippen LogP contribution in [0.3, 0.4) is 0 Å². The first-order valence-electron chi connectivity index (χ1n) is 10.4. The average Bonchev–Trinajstić information content (AvgIpc) is 2.77. The highest BCUT2D eigenvalue weighted by molar-refractivity contribution is 5.79. The summed E-state index contributed by atoms with van der Waals surface area (Å²) in [5.74, 6) is -0.730. The average molecular weight is 422 g/mol. The number of fused-ring (bicyclic) bond motifs is 1. The van der Waals surface area contributed by atoms with Crippen LogP contribution >= 0.6 is 0 Å². The van der Waals surface area contributed by atoms with Crippen LogP contribution in [-0.2, 0) is 24.1 Å². The molecule has 0 bridgehead atoms. The first kappa shape index (κ1) is 20.9. The van der Waals surface area contributed by atoms with Crippen molar-refractivity contribution < 1.29 is 14.1 Å². The number of benzene rings is 2. The molecule has 0 radical (unpaired) electrons. The lowest BCUT2D eigenvalue weighted by molar-refractivity contribution is -0.387. The second-order valence-corrected chi connectivity index (χ2v) is 8.15. The molecule has 2 aliphatic rings. The summed E-state index contributed by atoms with van der Waals surface area (Å²) in [6.45, 7) is 2.33. The Morgan fingerprint density at radius 1 is 1.19 bits per heavy atom. The predicted molar refractivity (Wildman–Crippen MR) is 112 cm³/mol. The SMILES string of the molecule is N#Cc1ccc2c(c1)CCC(N1CCN(CCc3ccc([N+](=O)[O-])c(F)c3)CC1=O)C2. The number of aryl methyl sites for hydroxylation is 1. The minimum absolute atomic E-state index is 0.100. The Morgan fingerprint density at radius 2 is 2.03 bits per heavy atom. The van der Waals surface area contributed by atoms with E-state index in [1.807, 2.05) is 28.0 Å². The van der Waals surface area contributed by atoms with Gasteiger partial charge in [0.1, 0.15) is 0 Å². The third kappa shape index (κ3) is 4.57. The van der Waals surface area contributed by atoms with Crippen LogP contribution in [0.4, 0.5) is 10.1 Å². The van der Waals surface area contributed by atoms with Crippen molar-refractivity contribution in [2.45, 2.75) is 31.7 Å². The normalized spacial score (nSPS) is 19.0. The van der Waals surface area contributed by atoms with E-state index in [2.05, 4.69) is 6.07 Å². The molecule has 1 amide bonds. The van der Waals surface area contributed by atoms with Gasteiger partial charge in [-0.3, -0.25) is 19.8 Å². The zero-order chi connectivity index (χ0) is 22.0. The predicted octanol–water partition coefficient (Wildman–Crippen LogP) is 2.85. The highest BCUT2D eigenvalue weighted by atomic mass is 19.1. The molecule has 2 aromatic carbocycles. The minimum Gasteiger partial charge on any atom is -0.337 e. The topological polar surface area (TPSA) is 90.5 Å². The maximum Gasteiger partial charge on any atom is 0.304 e. The van der Waals surface area contributed by atoms with E-state index in [9.17, 15) is 19.3 Å². The highest BCUT2D eigenvalue weighted by Crippen LogP contribution is 2.27. The third-order valence-corrected chi connectivity index (χ3v) is 6.24. The third-order valence-electron chi connectivity index (χ3n) is 6.24. The summed E-state index contributed by atoms with van der Waals surface area (Å²) >= 11 is 0. The molecule has 2 aromatic rings.